The zero-order chi connectivity index (χ0) is 25.4. The van der Waals surface area contributed by atoms with E-state index in [1.165, 1.54) is 17.0 Å². The molecule has 34 heavy (non-hydrogen) atoms. The van der Waals surface area contributed by atoms with Crippen molar-refractivity contribution >= 4 is 15.7 Å². The lowest BCUT2D eigenvalue weighted by Crippen LogP contribution is -2.49. The highest BCUT2D eigenvalue weighted by molar-refractivity contribution is 7.90. The summed E-state index contributed by atoms with van der Waals surface area (Å²) >= 11 is 0. The number of amides is 1. The Balaban J connectivity index is 1.92. The summed E-state index contributed by atoms with van der Waals surface area (Å²) in [5.41, 5.74) is -0.243. The van der Waals surface area contributed by atoms with E-state index in [2.05, 4.69) is 4.98 Å². The molecule has 0 aliphatic carbocycles. The van der Waals surface area contributed by atoms with Gasteiger partial charge >= 0.3 is 6.18 Å². The SMILES string of the molecule is COc1c(S(C)(=O)=O)ccc(O[C@H](C)C(F)(F)F)c1C(=O)N1CC(c2ccc(C(F)F)cn2)C1. The molecule has 0 radical (unpaired) electrons. The number of likely N-dealkylation sites (tertiary alicyclic amines) is 1. The number of nitrogens with zero attached hydrogens (tertiary/aromatic N) is 2. The number of halogens is 5. The molecule has 1 aromatic heterocycles. The summed E-state index contributed by atoms with van der Waals surface area (Å²) in [6, 6.07) is 4.63. The van der Waals surface area contributed by atoms with Crippen LogP contribution in [0.2, 0.25) is 0 Å². The van der Waals surface area contributed by atoms with Gasteiger partial charge in [0.15, 0.2) is 21.7 Å². The Kier molecular flexibility index (Phi) is 7.06. The van der Waals surface area contributed by atoms with Gasteiger partial charge in [0, 0.05) is 42.7 Å². The van der Waals surface area contributed by atoms with Crippen molar-refractivity contribution in [1.29, 1.82) is 0 Å². The van der Waals surface area contributed by atoms with Gasteiger partial charge in [0.2, 0.25) is 0 Å². The fraction of sp³-hybridized carbons (Fsp3) is 0.429. The summed E-state index contributed by atoms with van der Waals surface area (Å²) in [6.45, 7) is 0.917. The zero-order valence-corrected chi connectivity index (χ0v) is 19.1. The average molecular weight is 508 g/mol. The van der Waals surface area contributed by atoms with Crippen molar-refractivity contribution in [3.63, 3.8) is 0 Å². The lowest BCUT2D eigenvalue weighted by atomic mass is 9.94. The highest BCUT2D eigenvalue weighted by Gasteiger charge is 2.41. The number of methoxy groups -OCH3 is 1. The lowest BCUT2D eigenvalue weighted by molar-refractivity contribution is -0.189. The Hall–Kier alpha value is -2.96. The summed E-state index contributed by atoms with van der Waals surface area (Å²) < 4.78 is 99.1. The van der Waals surface area contributed by atoms with Crippen LogP contribution in [-0.4, -0.2) is 62.9 Å². The van der Waals surface area contributed by atoms with Crippen LogP contribution < -0.4 is 9.47 Å². The molecule has 0 saturated carbocycles. The minimum atomic E-state index is -4.74. The number of rotatable bonds is 7. The fourth-order valence-corrected chi connectivity index (χ4v) is 4.21. The number of aromatic nitrogens is 1. The molecular formula is C21H21F5N2O5S. The van der Waals surface area contributed by atoms with Gasteiger partial charge in [-0.2, -0.15) is 13.2 Å². The zero-order valence-electron chi connectivity index (χ0n) is 18.3. The van der Waals surface area contributed by atoms with Gasteiger partial charge in [0.05, 0.1) is 7.11 Å². The van der Waals surface area contributed by atoms with Crippen LogP contribution in [0.25, 0.3) is 0 Å². The monoisotopic (exact) mass is 508 g/mol. The van der Waals surface area contributed by atoms with Crippen LogP contribution in [0, 0.1) is 0 Å². The molecule has 0 bridgehead atoms. The van der Waals surface area contributed by atoms with Crippen molar-refractivity contribution in [2.24, 2.45) is 0 Å². The standard InChI is InChI=1S/C21H21F5N2O5S/c1-11(21(24,25)26)33-15-6-7-16(34(3,30)31)18(32-2)17(15)20(29)28-9-13(10-28)14-5-4-12(8-27-14)19(22)23/h4-8,11,13,19H,9-10H2,1-3H3/t11-/m1/s1. The number of carbonyl (C=O) groups excluding carboxylic acids is 1. The summed E-state index contributed by atoms with van der Waals surface area (Å²) in [7, 11) is -2.81. The first-order chi connectivity index (χ1) is 15.7. The van der Waals surface area contributed by atoms with Crippen molar-refractivity contribution in [2.45, 2.75) is 36.4 Å². The average Bonchev–Trinajstić information content (AvgIpc) is 2.70. The number of pyridine rings is 1. The van der Waals surface area contributed by atoms with Crippen LogP contribution in [0.15, 0.2) is 35.4 Å². The van der Waals surface area contributed by atoms with Crippen molar-refractivity contribution in [1.82, 2.24) is 9.88 Å². The molecule has 2 heterocycles. The second kappa shape index (κ2) is 9.35. The van der Waals surface area contributed by atoms with E-state index in [1.807, 2.05) is 0 Å². The van der Waals surface area contributed by atoms with Crippen molar-refractivity contribution < 1.29 is 44.6 Å². The first-order valence-corrected chi connectivity index (χ1v) is 11.8. The molecule has 1 saturated heterocycles. The van der Waals surface area contributed by atoms with Crippen LogP contribution in [0.5, 0.6) is 11.5 Å². The van der Waals surface area contributed by atoms with Crippen molar-refractivity contribution in [3.8, 4) is 11.5 Å². The summed E-state index contributed by atoms with van der Waals surface area (Å²) in [6.07, 6.45) is -7.79. The van der Waals surface area contributed by atoms with E-state index in [1.54, 1.807) is 0 Å². The maximum absolute atomic E-state index is 13.2. The van der Waals surface area contributed by atoms with Crippen LogP contribution in [0.4, 0.5) is 22.0 Å². The summed E-state index contributed by atoms with van der Waals surface area (Å²) in [5.74, 6) is -2.01. The second-order valence-electron chi connectivity index (χ2n) is 7.77. The predicted octanol–water partition coefficient (Wildman–Crippen LogP) is 4.00. The Labute approximate surface area is 192 Å². The normalized spacial score (nSPS) is 15.7. The third kappa shape index (κ3) is 5.24. The fourth-order valence-electron chi connectivity index (χ4n) is 3.38. The highest BCUT2D eigenvalue weighted by Crippen LogP contribution is 2.39. The van der Waals surface area contributed by atoms with E-state index >= 15 is 0 Å². The van der Waals surface area contributed by atoms with E-state index in [-0.39, 0.29) is 29.5 Å². The molecule has 3 rings (SSSR count). The highest BCUT2D eigenvalue weighted by atomic mass is 32.2. The van der Waals surface area contributed by atoms with Gasteiger partial charge in [-0.15, -0.1) is 0 Å². The molecule has 0 unspecified atom stereocenters. The minimum absolute atomic E-state index is 0.0837. The summed E-state index contributed by atoms with van der Waals surface area (Å²) in [5, 5.41) is 0. The molecule has 1 amide bonds. The maximum atomic E-state index is 13.2. The third-order valence-corrected chi connectivity index (χ3v) is 6.43. The first-order valence-electron chi connectivity index (χ1n) is 9.91. The molecule has 0 spiro atoms. The number of carbonyl (C=O) groups is 1. The number of hydrogen-bond acceptors (Lipinski definition) is 6. The molecule has 1 aliphatic rings. The predicted molar refractivity (Wildman–Crippen MR) is 110 cm³/mol. The summed E-state index contributed by atoms with van der Waals surface area (Å²) in [4.78, 5) is 18.1. The van der Waals surface area contributed by atoms with Gasteiger partial charge in [-0.1, -0.05) is 0 Å². The van der Waals surface area contributed by atoms with E-state index in [9.17, 15) is 35.2 Å². The molecule has 2 aromatic rings. The Morgan fingerprint density at radius 2 is 1.82 bits per heavy atom. The molecule has 13 heteroatoms. The molecule has 1 atom stereocenters. The van der Waals surface area contributed by atoms with E-state index in [0.717, 1.165) is 38.6 Å². The van der Waals surface area contributed by atoms with Gasteiger partial charge < -0.3 is 14.4 Å². The second-order valence-corrected chi connectivity index (χ2v) is 9.75. The minimum Gasteiger partial charge on any atom is -0.494 e. The molecule has 0 N–H and O–H groups in total. The van der Waals surface area contributed by atoms with E-state index in [4.69, 9.17) is 9.47 Å². The molecule has 1 aromatic carbocycles. The molecule has 7 nitrogen and oxygen atoms in total. The van der Waals surface area contributed by atoms with Crippen molar-refractivity contribution in [3.05, 3.63) is 47.3 Å². The van der Waals surface area contributed by atoms with E-state index in [0.29, 0.717) is 5.69 Å². The van der Waals surface area contributed by atoms with Crippen LogP contribution >= 0.6 is 0 Å². The van der Waals surface area contributed by atoms with Gasteiger partial charge in [-0.25, -0.2) is 17.2 Å². The smallest absolute Gasteiger partial charge is 0.425 e. The van der Waals surface area contributed by atoms with Gasteiger partial charge in [0.1, 0.15) is 16.2 Å². The van der Waals surface area contributed by atoms with Gasteiger partial charge in [-0.3, -0.25) is 9.78 Å². The van der Waals surface area contributed by atoms with Gasteiger partial charge in [0.25, 0.3) is 12.3 Å². The van der Waals surface area contributed by atoms with Crippen LogP contribution in [0.1, 0.15) is 40.9 Å². The number of ether oxygens (including phenoxy) is 2. The van der Waals surface area contributed by atoms with Crippen LogP contribution in [0.3, 0.4) is 0 Å². The molecule has 1 fully saturated rings. The Morgan fingerprint density at radius 3 is 2.29 bits per heavy atom. The van der Waals surface area contributed by atoms with Crippen molar-refractivity contribution in [2.75, 3.05) is 26.5 Å². The topological polar surface area (TPSA) is 85.8 Å². The maximum Gasteiger partial charge on any atom is 0.425 e. The Bertz CT molecular complexity index is 1160. The number of hydrogen-bond donors (Lipinski definition) is 0. The molecular weight excluding hydrogens is 487 g/mol. The number of sulfone groups is 1. The number of alkyl halides is 5. The quantitative estimate of drug-likeness (QED) is 0.526. The number of benzene rings is 1. The first kappa shape index (κ1) is 25.7. The van der Waals surface area contributed by atoms with Gasteiger partial charge in [-0.05, 0) is 31.2 Å². The lowest BCUT2D eigenvalue weighted by Gasteiger charge is -2.39. The largest absolute Gasteiger partial charge is 0.494 e. The molecule has 1 aliphatic heterocycles. The third-order valence-electron chi connectivity index (χ3n) is 5.31. The van der Waals surface area contributed by atoms with E-state index < -0.39 is 51.5 Å². The Morgan fingerprint density at radius 1 is 1.18 bits per heavy atom. The molecule has 186 valence electrons. The van der Waals surface area contributed by atoms with Crippen LogP contribution in [-0.2, 0) is 9.84 Å².